The number of rotatable bonds is 5. The molecule has 0 aliphatic heterocycles. The Balaban J connectivity index is 0.000000190. The lowest BCUT2D eigenvalue weighted by molar-refractivity contribution is -0.122. The summed E-state index contributed by atoms with van der Waals surface area (Å²) in [5.41, 5.74) is 4.89. The topological polar surface area (TPSA) is 154 Å². The fraction of sp³-hybridized carbons (Fsp3) is 0.0741. The number of carbonyl (C=O) groups excluding carboxylic acids is 1. The van der Waals surface area contributed by atoms with Crippen molar-refractivity contribution in [1.82, 2.24) is 44.5 Å². The molecule has 0 aliphatic rings. The van der Waals surface area contributed by atoms with Crippen molar-refractivity contribution in [2.45, 2.75) is 6.18 Å². The third-order valence-corrected chi connectivity index (χ3v) is 6.86. The van der Waals surface area contributed by atoms with Gasteiger partial charge in [0.15, 0.2) is 0 Å². The van der Waals surface area contributed by atoms with Crippen molar-refractivity contribution in [2.75, 3.05) is 11.9 Å². The molecule has 13 nitrogen and oxygen atoms in total. The molecule has 6 heterocycles. The minimum Gasteiger partial charge on any atom is -0.423 e. The Morgan fingerprint density at radius 2 is 1.48 bits per heavy atom. The Kier molecular flexibility index (Phi) is 7.92. The van der Waals surface area contributed by atoms with Gasteiger partial charge >= 0.3 is 12.2 Å². The second-order valence-corrected chi connectivity index (χ2v) is 10.1. The van der Waals surface area contributed by atoms with Gasteiger partial charge in [0.05, 0.1) is 18.1 Å². The van der Waals surface area contributed by atoms with Crippen LogP contribution in [0.1, 0.15) is 0 Å². The molecule has 0 bridgehead atoms. The third-order valence-electron chi connectivity index (χ3n) is 6.06. The van der Waals surface area contributed by atoms with Gasteiger partial charge in [-0.3, -0.25) is 8.80 Å². The Labute approximate surface area is 258 Å². The van der Waals surface area contributed by atoms with Crippen LogP contribution in [0.4, 0.5) is 23.7 Å². The normalized spacial score (nSPS) is 11.4. The van der Waals surface area contributed by atoms with Crippen LogP contribution in [0.5, 0.6) is 0 Å². The average Bonchev–Trinajstić information content (AvgIpc) is 3.83. The van der Waals surface area contributed by atoms with Gasteiger partial charge in [0.2, 0.25) is 24.6 Å². The number of aromatic nitrogens is 8. The fourth-order valence-electron chi connectivity index (χ4n) is 4.12. The molecule has 222 valence electrons. The molecule has 0 spiro atoms. The van der Waals surface area contributed by atoms with Crippen molar-refractivity contribution in [2.24, 2.45) is 0 Å². The van der Waals surface area contributed by atoms with Crippen molar-refractivity contribution in [1.29, 1.82) is 0 Å². The number of hydrogen-bond acceptors (Lipinski definition) is 9. The van der Waals surface area contributed by atoms with Gasteiger partial charge in [-0.15, -0.1) is 20.4 Å². The zero-order valence-electron chi connectivity index (χ0n) is 22.1. The number of fused-ring (bicyclic) bond motifs is 2. The van der Waals surface area contributed by atoms with E-state index in [2.05, 4.69) is 58.3 Å². The molecule has 2 N–H and O–H groups in total. The van der Waals surface area contributed by atoms with Crippen LogP contribution in [0.25, 0.3) is 45.5 Å². The number of amides is 2. The number of anilines is 1. The molecule has 0 radical (unpaired) electrons. The molecule has 17 heteroatoms. The van der Waals surface area contributed by atoms with Crippen LogP contribution in [0.3, 0.4) is 0 Å². The van der Waals surface area contributed by atoms with E-state index in [1.54, 1.807) is 54.1 Å². The second-order valence-electron chi connectivity index (χ2n) is 9.00. The number of benzene rings is 1. The summed E-state index contributed by atoms with van der Waals surface area (Å²) in [5.74, 6) is 0.878. The molecule has 2 amide bonds. The summed E-state index contributed by atoms with van der Waals surface area (Å²) < 4.78 is 51.8. The predicted molar refractivity (Wildman–Crippen MR) is 158 cm³/mol. The lowest BCUT2D eigenvalue weighted by Gasteiger charge is -2.10. The van der Waals surface area contributed by atoms with E-state index >= 15 is 0 Å². The summed E-state index contributed by atoms with van der Waals surface area (Å²) in [6.45, 7) is -1.41. The molecule has 6 aromatic heterocycles. The van der Waals surface area contributed by atoms with E-state index in [0.29, 0.717) is 28.7 Å². The largest absolute Gasteiger partial charge is 0.423 e. The van der Waals surface area contributed by atoms with E-state index in [-0.39, 0.29) is 0 Å². The first-order valence-electron chi connectivity index (χ1n) is 12.6. The van der Waals surface area contributed by atoms with Crippen molar-refractivity contribution in [3.05, 3.63) is 89.8 Å². The Bertz CT molecular complexity index is 2040. The monoisotopic (exact) mass is 714 g/mol. The lowest BCUT2D eigenvalue weighted by atomic mass is 10.1. The highest BCUT2D eigenvalue weighted by Gasteiger charge is 2.27. The van der Waals surface area contributed by atoms with E-state index in [4.69, 9.17) is 8.83 Å². The summed E-state index contributed by atoms with van der Waals surface area (Å²) >= 11 is 2.23. The Morgan fingerprint density at radius 3 is 2.11 bits per heavy atom. The van der Waals surface area contributed by atoms with Gasteiger partial charge in [0.25, 0.3) is 0 Å². The first kappa shape index (κ1) is 28.8. The number of pyridine rings is 2. The van der Waals surface area contributed by atoms with Crippen LogP contribution < -0.4 is 10.6 Å². The summed E-state index contributed by atoms with van der Waals surface area (Å²) in [4.78, 5) is 20.3. The number of alkyl halides is 3. The van der Waals surface area contributed by atoms with E-state index in [1.807, 2.05) is 33.3 Å². The predicted octanol–water partition coefficient (Wildman–Crippen LogP) is 5.72. The van der Waals surface area contributed by atoms with Crippen molar-refractivity contribution >= 4 is 45.6 Å². The average molecular weight is 714 g/mol. The summed E-state index contributed by atoms with van der Waals surface area (Å²) in [6.07, 6.45) is 5.25. The number of nitrogens with one attached hydrogen (secondary N) is 2. The number of urea groups is 1. The maximum atomic E-state index is 12.2. The summed E-state index contributed by atoms with van der Waals surface area (Å²) in [5, 5.41) is 19.1. The van der Waals surface area contributed by atoms with Crippen LogP contribution >= 0.6 is 22.6 Å². The molecule has 0 saturated heterocycles. The zero-order chi connectivity index (χ0) is 30.7. The van der Waals surface area contributed by atoms with E-state index in [0.717, 1.165) is 26.2 Å². The molecule has 0 atom stereocenters. The highest BCUT2D eigenvalue weighted by Crippen LogP contribution is 2.26. The van der Waals surface area contributed by atoms with Gasteiger partial charge in [-0.2, -0.15) is 13.2 Å². The summed E-state index contributed by atoms with van der Waals surface area (Å²) in [7, 11) is 0. The molecular formula is C27H18F3IN10O3. The van der Waals surface area contributed by atoms with Crippen LogP contribution in [0.2, 0.25) is 0 Å². The number of carbonyl (C=O) groups is 1. The molecule has 0 saturated carbocycles. The van der Waals surface area contributed by atoms with Gasteiger partial charge in [-0.1, -0.05) is 12.1 Å². The van der Waals surface area contributed by atoms with Crippen molar-refractivity contribution < 1.29 is 26.8 Å². The smallest absolute Gasteiger partial charge is 0.405 e. The van der Waals surface area contributed by atoms with Gasteiger partial charge in [-0.25, -0.2) is 14.8 Å². The minimum absolute atomic E-state index is 0.347. The van der Waals surface area contributed by atoms with Crippen LogP contribution in [0, 0.1) is 3.70 Å². The van der Waals surface area contributed by atoms with Crippen molar-refractivity contribution in [3.63, 3.8) is 0 Å². The summed E-state index contributed by atoms with van der Waals surface area (Å²) in [6, 6.07) is 13.2. The Hall–Kier alpha value is -5.33. The molecule has 44 heavy (non-hydrogen) atoms. The van der Waals surface area contributed by atoms with E-state index in [9.17, 15) is 18.0 Å². The SMILES string of the molecule is Ic1cnc2cc(-c3nnco3)ccn12.O=C(NCC(F)(F)F)Nc1cccc(-c2cnc3cc(-c4nnco4)ccn23)c1. The zero-order valence-corrected chi connectivity index (χ0v) is 24.3. The molecule has 0 unspecified atom stereocenters. The highest BCUT2D eigenvalue weighted by atomic mass is 127. The van der Waals surface area contributed by atoms with E-state index in [1.165, 1.54) is 12.8 Å². The number of nitrogens with zero attached hydrogens (tertiary/aromatic N) is 8. The Morgan fingerprint density at radius 1 is 0.841 bits per heavy atom. The highest BCUT2D eigenvalue weighted by molar-refractivity contribution is 14.1. The first-order chi connectivity index (χ1) is 21.2. The third kappa shape index (κ3) is 6.51. The standard InChI is InChI=1S/C18H13F3N6O2.C9H5IN4O/c19-18(20,21)9-23-17(28)25-13-3-1-2-11(6-13)14-8-22-15-7-12(4-5-27(14)15)16-26-24-10-29-16;10-7-4-11-8-3-6(1-2-14(7)8)9-13-12-5-15-9/h1-8,10H,9H2,(H2,23,25,28);1-5H. The molecule has 7 rings (SSSR count). The van der Waals surface area contributed by atoms with Crippen LogP contribution in [-0.4, -0.2) is 57.9 Å². The quantitative estimate of drug-likeness (QED) is 0.213. The number of imidazole rings is 2. The van der Waals surface area contributed by atoms with Crippen LogP contribution in [-0.2, 0) is 0 Å². The molecule has 0 fully saturated rings. The fourth-order valence-corrected chi connectivity index (χ4v) is 4.67. The first-order valence-corrected chi connectivity index (χ1v) is 13.7. The maximum absolute atomic E-state index is 12.2. The van der Waals surface area contributed by atoms with Gasteiger partial charge in [0, 0.05) is 34.8 Å². The molecular weight excluding hydrogens is 696 g/mol. The molecule has 0 aliphatic carbocycles. The number of halogens is 4. The second kappa shape index (κ2) is 12.1. The van der Waals surface area contributed by atoms with Gasteiger partial charge in [-0.05, 0) is 59.0 Å². The number of hydrogen-bond donors (Lipinski definition) is 2. The van der Waals surface area contributed by atoms with Gasteiger partial charge < -0.3 is 19.5 Å². The molecule has 7 aromatic rings. The lowest BCUT2D eigenvalue weighted by Crippen LogP contribution is -2.36. The van der Waals surface area contributed by atoms with Crippen molar-refractivity contribution in [3.8, 4) is 34.2 Å². The maximum Gasteiger partial charge on any atom is 0.405 e. The van der Waals surface area contributed by atoms with Crippen LogP contribution in [0.15, 0.2) is 94.9 Å². The molecule has 1 aromatic carbocycles. The minimum atomic E-state index is -4.48. The van der Waals surface area contributed by atoms with E-state index < -0.39 is 18.8 Å². The van der Waals surface area contributed by atoms with Gasteiger partial charge in [0.1, 0.15) is 21.5 Å².